The Balaban J connectivity index is 1.75. The second-order valence-electron chi connectivity index (χ2n) is 5.57. The van der Waals surface area contributed by atoms with Gasteiger partial charge in [0.1, 0.15) is 5.69 Å². The van der Waals surface area contributed by atoms with Gasteiger partial charge in [-0.1, -0.05) is 0 Å². The van der Waals surface area contributed by atoms with Gasteiger partial charge in [-0.3, -0.25) is 10.1 Å². The van der Waals surface area contributed by atoms with Crippen molar-refractivity contribution in [3.63, 3.8) is 0 Å². The number of morpholine rings is 1. The first-order valence-corrected chi connectivity index (χ1v) is 7.70. The van der Waals surface area contributed by atoms with E-state index in [0.29, 0.717) is 25.4 Å². The van der Waals surface area contributed by atoms with E-state index in [1.807, 2.05) is 6.07 Å². The Kier molecular flexibility index (Phi) is 4.74. The van der Waals surface area contributed by atoms with E-state index in [9.17, 15) is 10.1 Å². The topological polar surface area (TPSA) is 76.9 Å². The predicted molar refractivity (Wildman–Crippen MR) is 83.6 cm³/mol. The zero-order valence-corrected chi connectivity index (χ0v) is 12.5. The van der Waals surface area contributed by atoms with Crippen molar-refractivity contribution in [2.75, 3.05) is 49.7 Å². The minimum absolute atomic E-state index is 0.106. The van der Waals surface area contributed by atoms with Crippen molar-refractivity contribution in [2.24, 2.45) is 0 Å². The summed E-state index contributed by atoms with van der Waals surface area (Å²) in [6, 6.07) is 5.24. The first-order valence-electron chi connectivity index (χ1n) is 7.70. The van der Waals surface area contributed by atoms with Crippen LogP contribution in [-0.4, -0.2) is 50.5 Å². The summed E-state index contributed by atoms with van der Waals surface area (Å²) < 4.78 is 10.9. The second-order valence-corrected chi connectivity index (χ2v) is 5.57. The minimum Gasteiger partial charge on any atom is -0.378 e. The van der Waals surface area contributed by atoms with Gasteiger partial charge in [0.25, 0.3) is 5.69 Å². The molecule has 2 fully saturated rings. The average molecular weight is 307 g/mol. The molecule has 0 spiro atoms. The number of nitrogens with one attached hydrogen (secondary N) is 1. The summed E-state index contributed by atoms with van der Waals surface area (Å²) in [6.07, 6.45) is 2.21. The van der Waals surface area contributed by atoms with Gasteiger partial charge < -0.3 is 19.7 Å². The summed E-state index contributed by atoms with van der Waals surface area (Å²) in [6.45, 7) is 4.38. The molecule has 0 saturated carbocycles. The van der Waals surface area contributed by atoms with Crippen LogP contribution in [0.2, 0.25) is 0 Å². The molecule has 0 aliphatic carbocycles. The fraction of sp³-hybridized carbons (Fsp3) is 0.600. The molecule has 0 bridgehead atoms. The van der Waals surface area contributed by atoms with Crippen LogP contribution < -0.4 is 10.2 Å². The Bertz CT molecular complexity index is 526. The van der Waals surface area contributed by atoms with Gasteiger partial charge in [-0.2, -0.15) is 0 Å². The molecule has 0 amide bonds. The van der Waals surface area contributed by atoms with Crippen LogP contribution in [0, 0.1) is 10.1 Å². The summed E-state index contributed by atoms with van der Waals surface area (Å²) >= 11 is 0. The van der Waals surface area contributed by atoms with Gasteiger partial charge in [-0.25, -0.2) is 0 Å². The molecule has 2 saturated heterocycles. The van der Waals surface area contributed by atoms with Crippen LogP contribution in [0.3, 0.4) is 0 Å². The molecule has 7 heteroatoms. The lowest BCUT2D eigenvalue weighted by Gasteiger charge is -2.29. The molecule has 3 rings (SSSR count). The predicted octanol–water partition coefficient (Wildman–Crippen LogP) is 2.02. The number of hydrogen-bond acceptors (Lipinski definition) is 6. The number of ether oxygens (including phenoxy) is 2. The van der Waals surface area contributed by atoms with Crippen molar-refractivity contribution in [3.05, 3.63) is 28.3 Å². The molecule has 2 aliphatic heterocycles. The third kappa shape index (κ3) is 3.48. The number of nitro benzene ring substituents is 1. The molecule has 1 N–H and O–H groups in total. The Morgan fingerprint density at radius 2 is 2.14 bits per heavy atom. The molecule has 1 aromatic rings. The van der Waals surface area contributed by atoms with Crippen molar-refractivity contribution < 1.29 is 14.4 Å². The van der Waals surface area contributed by atoms with Crippen LogP contribution in [0.4, 0.5) is 17.1 Å². The Morgan fingerprint density at radius 1 is 1.32 bits per heavy atom. The Morgan fingerprint density at radius 3 is 2.82 bits per heavy atom. The minimum atomic E-state index is -0.346. The third-order valence-electron chi connectivity index (χ3n) is 4.10. The number of rotatable bonds is 5. The highest BCUT2D eigenvalue weighted by molar-refractivity contribution is 5.69. The van der Waals surface area contributed by atoms with Crippen LogP contribution in [-0.2, 0) is 9.47 Å². The van der Waals surface area contributed by atoms with E-state index < -0.39 is 0 Å². The van der Waals surface area contributed by atoms with Crippen molar-refractivity contribution in [3.8, 4) is 0 Å². The summed E-state index contributed by atoms with van der Waals surface area (Å²) in [4.78, 5) is 13.0. The molecule has 0 radical (unpaired) electrons. The summed E-state index contributed by atoms with van der Waals surface area (Å²) in [5, 5.41) is 14.4. The van der Waals surface area contributed by atoms with Crippen LogP contribution in [0.25, 0.3) is 0 Å². The third-order valence-corrected chi connectivity index (χ3v) is 4.10. The van der Waals surface area contributed by atoms with E-state index in [2.05, 4.69) is 10.2 Å². The molecule has 120 valence electrons. The maximum absolute atomic E-state index is 11.2. The highest BCUT2D eigenvalue weighted by Gasteiger charge is 2.20. The van der Waals surface area contributed by atoms with Crippen molar-refractivity contribution in [2.45, 2.75) is 18.9 Å². The van der Waals surface area contributed by atoms with E-state index >= 15 is 0 Å². The maximum atomic E-state index is 11.2. The molecular weight excluding hydrogens is 286 g/mol. The highest BCUT2D eigenvalue weighted by atomic mass is 16.6. The smallest absolute Gasteiger partial charge is 0.292 e. The van der Waals surface area contributed by atoms with E-state index in [1.165, 1.54) is 0 Å². The summed E-state index contributed by atoms with van der Waals surface area (Å²) in [5.74, 6) is 0. The molecule has 2 heterocycles. The standard InChI is InChI=1S/C15H21N3O4/c19-18(20)15-4-3-12(17-5-8-21-9-6-17)10-14(15)16-11-13-2-1-7-22-13/h3-4,10,13,16H,1-2,5-9,11H2/t13-/m1/s1. The summed E-state index contributed by atoms with van der Waals surface area (Å²) in [5.41, 5.74) is 1.66. The normalized spacial score (nSPS) is 21.8. The monoisotopic (exact) mass is 307 g/mol. The second kappa shape index (κ2) is 6.93. The summed E-state index contributed by atoms with van der Waals surface area (Å²) in [7, 11) is 0. The van der Waals surface area contributed by atoms with Crippen molar-refractivity contribution >= 4 is 17.1 Å². The molecule has 0 unspecified atom stereocenters. The first kappa shape index (κ1) is 15.1. The molecular formula is C15H21N3O4. The molecule has 0 aromatic heterocycles. The lowest BCUT2D eigenvalue weighted by Crippen LogP contribution is -2.36. The van der Waals surface area contributed by atoms with Crippen LogP contribution in [0.1, 0.15) is 12.8 Å². The highest BCUT2D eigenvalue weighted by Crippen LogP contribution is 2.30. The van der Waals surface area contributed by atoms with Gasteiger partial charge in [0.2, 0.25) is 0 Å². The van der Waals surface area contributed by atoms with E-state index in [0.717, 1.165) is 38.2 Å². The van der Waals surface area contributed by atoms with Gasteiger partial charge in [0.05, 0.1) is 24.2 Å². The van der Waals surface area contributed by atoms with Crippen LogP contribution in [0.15, 0.2) is 18.2 Å². The van der Waals surface area contributed by atoms with Crippen LogP contribution >= 0.6 is 0 Å². The van der Waals surface area contributed by atoms with Crippen molar-refractivity contribution in [1.82, 2.24) is 0 Å². The molecule has 2 aliphatic rings. The van der Waals surface area contributed by atoms with Gasteiger partial charge >= 0.3 is 0 Å². The number of anilines is 2. The van der Waals surface area contributed by atoms with E-state index in [-0.39, 0.29) is 16.7 Å². The molecule has 1 atom stereocenters. The van der Waals surface area contributed by atoms with Gasteiger partial charge in [-0.05, 0) is 25.0 Å². The zero-order chi connectivity index (χ0) is 15.4. The fourth-order valence-electron chi connectivity index (χ4n) is 2.87. The lowest BCUT2D eigenvalue weighted by molar-refractivity contribution is -0.383. The lowest BCUT2D eigenvalue weighted by atomic mass is 10.2. The Labute approximate surface area is 129 Å². The largest absolute Gasteiger partial charge is 0.378 e. The zero-order valence-electron chi connectivity index (χ0n) is 12.5. The average Bonchev–Trinajstić information content (AvgIpc) is 3.07. The molecule has 7 nitrogen and oxygen atoms in total. The van der Waals surface area contributed by atoms with E-state index in [1.54, 1.807) is 12.1 Å². The van der Waals surface area contributed by atoms with Gasteiger partial charge in [0, 0.05) is 38.0 Å². The SMILES string of the molecule is O=[N+]([O-])c1ccc(N2CCOCC2)cc1NC[C@H]1CCCO1. The molecule has 22 heavy (non-hydrogen) atoms. The quantitative estimate of drug-likeness (QED) is 0.662. The molecule has 1 aromatic carbocycles. The number of hydrogen-bond donors (Lipinski definition) is 1. The van der Waals surface area contributed by atoms with Gasteiger partial charge in [0.15, 0.2) is 0 Å². The fourth-order valence-corrected chi connectivity index (χ4v) is 2.87. The Hall–Kier alpha value is -1.86. The number of nitro groups is 1. The maximum Gasteiger partial charge on any atom is 0.292 e. The first-order chi connectivity index (χ1) is 10.7. The van der Waals surface area contributed by atoms with E-state index in [4.69, 9.17) is 9.47 Å². The number of nitrogens with zero attached hydrogens (tertiary/aromatic N) is 2. The van der Waals surface area contributed by atoms with Crippen LogP contribution in [0.5, 0.6) is 0 Å². The van der Waals surface area contributed by atoms with Gasteiger partial charge in [-0.15, -0.1) is 0 Å². The number of benzene rings is 1. The van der Waals surface area contributed by atoms with Crippen molar-refractivity contribution in [1.29, 1.82) is 0 Å².